The molecule has 20 heavy (non-hydrogen) atoms. The molecule has 1 aliphatic carbocycles. The average molecular weight is 310 g/mol. The summed E-state index contributed by atoms with van der Waals surface area (Å²) >= 11 is 6.84. The van der Waals surface area contributed by atoms with Gasteiger partial charge in [-0.1, -0.05) is 25.6 Å². The van der Waals surface area contributed by atoms with Gasteiger partial charge < -0.3 is 11.1 Å². The van der Waals surface area contributed by atoms with Crippen LogP contribution >= 0.6 is 23.6 Å². The Morgan fingerprint density at radius 2 is 2.25 bits per heavy atom. The molecule has 1 aromatic rings. The van der Waals surface area contributed by atoms with Crippen LogP contribution in [0.1, 0.15) is 44.6 Å². The summed E-state index contributed by atoms with van der Waals surface area (Å²) in [7, 11) is 0. The third-order valence-electron chi connectivity index (χ3n) is 4.33. The Labute approximate surface area is 129 Å². The molecule has 3 N–H and O–H groups in total. The Morgan fingerprint density at radius 1 is 1.55 bits per heavy atom. The maximum Gasteiger partial charge on any atom is 0.225 e. The maximum absolute atomic E-state index is 12.2. The van der Waals surface area contributed by atoms with E-state index < -0.39 is 5.54 Å². The minimum Gasteiger partial charge on any atom is -0.391 e. The molecule has 0 atom stereocenters. The lowest BCUT2D eigenvalue weighted by Gasteiger charge is -2.40. The molecule has 0 aromatic carbocycles. The Bertz CT molecular complexity index is 462. The van der Waals surface area contributed by atoms with E-state index in [1.54, 1.807) is 11.3 Å². The van der Waals surface area contributed by atoms with Gasteiger partial charge in [0, 0.05) is 0 Å². The van der Waals surface area contributed by atoms with Gasteiger partial charge in [0.05, 0.1) is 16.9 Å². The smallest absolute Gasteiger partial charge is 0.225 e. The van der Waals surface area contributed by atoms with Gasteiger partial charge in [-0.25, -0.2) is 0 Å². The van der Waals surface area contributed by atoms with Crippen LogP contribution in [-0.2, 0) is 11.2 Å². The molecule has 3 nitrogen and oxygen atoms in total. The number of amides is 1. The Kier molecular flexibility index (Phi) is 5.16. The zero-order chi connectivity index (χ0) is 14.6. The first kappa shape index (κ1) is 15.4. The fraction of sp³-hybridized carbons (Fsp3) is 0.600. The predicted molar refractivity (Wildman–Crippen MR) is 87.9 cm³/mol. The fourth-order valence-corrected chi connectivity index (χ4v) is 3.83. The molecule has 2 rings (SSSR count). The van der Waals surface area contributed by atoms with Crippen molar-refractivity contribution in [2.45, 2.75) is 51.0 Å². The van der Waals surface area contributed by atoms with E-state index in [1.165, 1.54) is 6.42 Å². The van der Waals surface area contributed by atoms with Crippen LogP contribution in [0.4, 0.5) is 0 Å². The van der Waals surface area contributed by atoms with Crippen LogP contribution in [0.2, 0.25) is 0 Å². The van der Waals surface area contributed by atoms with E-state index in [1.807, 2.05) is 16.8 Å². The van der Waals surface area contributed by atoms with Gasteiger partial charge in [0.15, 0.2) is 0 Å². The number of nitrogens with two attached hydrogens (primary N) is 1. The van der Waals surface area contributed by atoms with Crippen molar-refractivity contribution in [2.75, 3.05) is 0 Å². The van der Waals surface area contributed by atoms with Crippen molar-refractivity contribution in [1.82, 2.24) is 5.32 Å². The molecular weight excluding hydrogens is 288 g/mol. The lowest BCUT2D eigenvalue weighted by Crippen LogP contribution is -2.58. The number of thiocarbonyl (C=S) groups is 1. The maximum atomic E-state index is 12.2. The first-order valence-electron chi connectivity index (χ1n) is 7.18. The summed E-state index contributed by atoms with van der Waals surface area (Å²) in [6.45, 7) is 2.22. The fourth-order valence-electron chi connectivity index (χ4n) is 2.90. The molecule has 0 radical (unpaired) electrons. The van der Waals surface area contributed by atoms with Crippen molar-refractivity contribution < 1.29 is 4.79 Å². The highest BCUT2D eigenvalue weighted by molar-refractivity contribution is 7.80. The standard InChI is InChI=1S/C15H22N2OS2/c1-2-11-3-6-15(7-4-11,14(16)19)17-13(18)9-12-5-8-20-10-12/h5,8,10-11H,2-4,6-7,9H2,1H3,(H2,16,19)(H,17,18). The molecule has 1 aromatic heterocycles. The Hall–Kier alpha value is -0.940. The van der Waals surface area contributed by atoms with Crippen molar-refractivity contribution in [3.8, 4) is 0 Å². The third kappa shape index (κ3) is 3.58. The summed E-state index contributed by atoms with van der Waals surface area (Å²) in [5.74, 6) is 0.761. The van der Waals surface area contributed by atoms with Crippen molar-refractivity contribution in [3.63, 3.8) is 0 Å². The van der Waals surface area contributed by atoms with Crippen molar-refractivity contribution in [2.24, 2.45) is 11.7 Å². The number of hydrogen-bond acceptors (Lipinski definition) is 3. The molecule has 1 saturated carbocycles. The highest BCUT2D eigenvalue weighted by Gasteiger charge is 2.38. The molecule has 5 heteroatoms. The van der Waals surface area contributed by atoms with Gasteiger partial charge in [-0.15, -0.1) is 0 Å². The number of carbonyl (C=O) groups excluding carboxylic acids is 1. The summed E-state index contributed by atoms with van der Waals surface area (Å²) in [5, 5.41) is 7.10. The number of nitrogens with one attached hydrogen (secondary N) is 1. The van der Waals surface area contributed by atoms with E-state index in [9.17, 15) is 4.79 Å². The second-order valence-corrected chi connectivity index (χ2v) is 6.87. The van der Waals surface area contributed by atoms with Gasteiger partial charge in [-0.3, -0.25) is 4.79 Å². The quantitative estimate of drug-likeness (QED) is 0.822. The third-order valence-corrected chi connectivity index (χ3v) is 5.45. The van der Waals surface area contributed by atoms with Crippen molar-refractivity contribution in [3.05, 3.63) is 22.4 Å². The van der Waals surface area contributed by atoms with Gasteiger partial charge in [-0.05, 0) is 54.0 Å². The van der Waals surface area contributed by atoms with Gasteiger partial charge in [0.25, 0.3) is 0 Å². The number of thiophene rings is 1. The minimum atomic E-state index is -0.464. The first-order chi connectivity index (χ1) is 9.55. The van der Waals surface area contributed by atoms with Crippen LogP contribution in [0.25, 0.3) is 0 Å². The summed E-state index contributed by atoms with van der Waals surface area (Å²) in [6.07, 6.45) is 5.52. The van der Waals surface area contributed by atoms with Crippen LogP contribution in [0.5, 0.6) is 0 Å². The van der Waals surface area contributed by atoms with Gasteiger partial charge in [0.1, 0.15) is 0 Å². The Balaban J connectivity index is 1.99. The predicted octanol–water partition coefficient (Wildman–Crippen LogP) is 3.03. The summed E-state index contributed by atoms with van der Waals surface area (Å²) < 4.78 is 0. The van der Waals surface area contributed by atoms with Gasteiger partial charge in [-0.2, -0.15) is 11.3 Å². The largest absolute Gasteiger partial charge is 0.391 e. The highest BCUT2D eigenvalue weighted by Crippen LogP contribution is 2.34. The topological polar surface area (TPSA) is 55.1 Å². The molecule has 110 valence electrons. The number of rotatable bonds is 5. The monoisotopic (exact) mass is 310 g/mol. The SMILES string of the molecule is CCC1CCC(NC(=O)Cc2ccsc2)(C(N)=S)CC1. The van der Waals surface area contributed by atoms with E-state index in [2.05, 4.69) is 12.2 Å². The molecule has 0 spiro atoms. The van der Waals surface area contributed by atoms with E-state index in [4.69, 9.17) is 18.0 Å². The molecule has 0 unspecified atom stereocenters. The van der Waals surface area contributed by atoms with E-state index >= 15 is 0 Å². The number of hydrogen-bond donors (Lipinski definition) is 2. The van der Waals surface area contributed by atoms with Gasteiger partial charge >= 0.3 is 0 Å². The van der Waals surface area contributed by atoms with Crippen LogP contribution in [0.3, 0.4) is 0 Å². The van der Waals surface area contributed by atoms with Gasteiger partial charge in [0.2, 0.25) is 5.91 Å². The molecule has 0 bridgehead atoms. The zero-order valence-corrected chi connectivity index (χ0v) is 13.5. The average Bonchev–Trinajstić information content (AvgIpc) is 2.92. The summed E-state index contributed by atoms with van der Waals surface area (Å²) in [4.78, 5) is 12.7. The molecule has 0 saturated heterocycles. The first-order valence-corrected chi connectivity index (χ1v) is 8.53. The number of carbonyl (C=O) groups is 1. The second-order valence-electron chi connectivity index (χ2n) is 5.65. The molecule has 1 heterocycles. The minimum absolute atomic E-state index is 0.0196. The summed E-state index contributed by atoms with van der Waals surface area (Å²) in [5.41, 5.74) is 6.51. The molecular formula is C15H22N2OS2. The van der Waals surface area contributed by atoms with Crippen LogP contribution in [0.15, 0.2) is 16.8 Å². The van der Waals surface area contributed by atoms with E-state index in [0.29, 0.717) is 11.4 Å². The van der Waals surface area contributed by atoms with E-state index in [-0.39, 0.29) is 5.91 Å². The normalized spacial score (nSPS) is 26.1. The summed E-state index contributed by atoms with van der Waals surface area (Å²) in [6, 6.07) is 1.98. The molecule has 1 amide bonds. The van der Waals surface area contributed by atoms with Crippen LogP contribution in [-0.4, -0.2) is 16.4 Å². The lowest BCUT2D eigenvalue weighted by atomic mass is 9.75. The molecule has 1 aliphatic rings. The van der Waals surface area contributed by atoms with Crippen LogP contribution < -0.4 is 11.1 Å². The van der Waals surface area contributed by atoms with Crippen LogP contribution in [0, 0.1) is 5.92 Å². The second kappa shape index (κ2) is 6.68. The Morgan fingerprint density at radius 3 is 2.75 bits per heavy atom. The van der Waals surface area contributed by atoms with Crippen molar-refractivity contribution in [1.29, 1.82) is 0 Å². The lowest BCUT2D eigenvalue weighted by molar-refractivity contribution is -0.122. The highest BCUT2D eigenvalue weighted by atomic mass is 32.1. The zero-order valence-electron chi connectivity index (χ0n) is 11.9. The van der Waals surface area contributed by atoms with E-state index in [0.717, 1.165) is 37.2 Å². The van der Waals surface area contributed by atoms with Crippen molar-refractivity contribution >= 4 is 34.5 Å². The molecule has 0 aliphatic heterocycles. The molecule has 1 fully saturated rings.